The summed E-state index contributed by atoms with van der Waals surface area (Å²) in [6.45, 7) is 5.66. The molecule has 1 saturated carbocycles. The molecule has 1 aromatic rings. The minimum atomic E-state index is 0.0879. The Morgan fingerprint density at radius 3 is 2.71 bits per heavy atom. The lowest BCUT2D eigenvalue weighted by molar-refractivity contribution is 0.0915. The Hall–Kier alpha value is -1.56. The van der Waals surface area contributed by atoms with Crippen LogP contribution in [0.5, 0.6) is 0 Å². The maximum absolute atomic E-state index is 6.11. The second kappa shape index (κ2) is 7.55. The van der Waals surface area contributed by atoms with Crippen molar-refractivity contribution in [2.24, 2.45) is 23.7 Å². The lowest BCUT2D eigenvalue weighted by Gasteiger charge is -2.23. The summed E-state index contributed by atoms with van der Waals surface area (Å²) in [6, 6.07) is 0.501. The van der Waals surface area contributed by atoms with Gasteiger partial charge in [0.05, 0.1) is 11.8 Å². The molecule has 3 rings (SSSR count). The molecule has 0 spiro atoms. The van der Waals surface area contributed by atoms with E-state index >= 15 is 0 Å². The average molecular weight is 333 g/mol. The molecule has 1 aliphatic carbocycles. The van der Waals surface area contributed by atoms with Gasteiger partial charge in [0.2, 0.25) is 0 Å². The average Bonchev–Trinajstić information content (AvgIpc) is 3.11. The predicted octanol–water partition coefficient (Wildman–Crippen LogP) is 2.35. The highest BCUT2D eigenvalue weighted by Crippen LogP contribution is 2.37. The zero-order valence-electron chi connectivity index (χ0n) is 15.2. The number of ether oxygens (including phenoxy) is 1. The van der Waals surface area contributed by atoms with Crippen LogP contribution in [0.25, 0.3) is 0 Å². The molecule has 134 valence electrons. The van der Waals surface area contributed by atoms with Gasteiger partial charge in [-0.3, -0.25) is 9.67 Å². The van der Waals surface area contributed by atoms with Crippen LogP contribution in [0.15, 0.2) is 4.99 Å². The minimum Gasteiger partial charge on any atom is -0.373 e. The predicted molar refractivity (Wildman–Crippen MR) is 96.0 cm³/mol. The van der Waals surface area contributed by atoms with Gasteiger partial charge in [0.25, 0.3) is 0 Å². The van der Waals surface area contributed by atoms with Crippen molar-refractivity contribution in [3.63, 3.8) is 0 Å². The van der Waals surface area contributed by atoms with Crippen LogP contribution < -0.4 is 11.1 Å². The Kier molecular flexibility index (Phi) is 5.43. The number of guanidine groups is 1. The highest BCUT2D eigenvalue weighted by molar-refractivity contribution is 5.78. The van der Waals surface area contributed by atoms with E-state index in [0.29, 0.717) is 24.5 Å². The number of hydrogen-bond donors (Lipinski definition) is 2. The molecule has 0 aromatic carbocycles. The summed E-state index contributed by atoms with van der Waals surface area (Å²) in [7, 11) is 1.99. The molecule has 1 aliphatic heterocycles. The van der Waals surface area contributed by atoms with Gasteiger partial charge in [-0.05, 0) is 33.1 Å². The Balaban J connectivity index is 1.62. The number of aromatic nitrogens is 2. The second-order valence-electron chi connectivity index (χ2n) is 7.25. The second-order valence-corrected chi connectivity index (χ2v) is 7.25. The van der Waals surface area contributed by atoms with Crippen molar-refractivity contribution in [3.8, 4) is 0 Å². The van der Waals surface area contributed by atoms with Crippen LogP contribution in [0.3, 0.4) is 0 Å². The van der Waals surface area contributed by atoms with Gasteiger partial charge in [0.1, 0.15) is 0 Å². The van der Waals surface area contributed by atoms with Crippen LogP contribution in [-0.2, 0) is 11.8 Å². The third-order valence-electron chi connectivity index (χ3n) is 5.52. The van der Waals surface area contributed by atoms with E-state index in [2.05, 4.69) is 29.3 Å². The van der Waals surface area contributed by atoms with Crippen molar-refractivity contribution < 1.29 is 4.74 Å². The molecule has 2 atom stereocenters. The molecule has 2 aliphatic rings. The molecule has 2 heterocycles. The van der Waals surface area contributed by atoms with Gasteiger partial charge in [0.15, 0.2) is 5.96 Å². The van der Waals surface area contributed by atoms with Crippen LogP contribution in [-0.4, -0.2) is 34.9 Å². The highest BCUT2D eigenvalue weighted by atomic mass is 16.5. The fourth-order valence-corrected chi connectivity index (χ4v) is 4.06. The zero-order chi connectivity index (χ0) is 17.1. The fourth-order valence-electron chi connectivity index (χ4n) is 4.06. The molecule has 0 unspecified atom stereocenters. The van der Waals surface area contributed by atoms with Gasteiger partial charge < -0.3 is 15.8 Å². The molecule has 2 fully saturated rings. The largest absolute Gasteiger partial charge is 0.373 e. The highest BCUT2D eigenvalue weighted by Gasteiger charge is 2.33. The minimum absolute atomic E-state index is 0.0879. The van der Waals surface area contributed by atoms with Crippen LogP contribution in [0.2, 0.25) is 0 Å². The summed E-state index contributed by atoms with van der Waals surface area (Å²) < 4.78 is 7.96. The molecule has 3 N–H and O–H groups in total. The van der Waals surface area contributed by atoms with Gasteiger partial charge >= 0.3 is 0 Å². The molecule has 1 saturated heterocycles. The zero-order valence-corrected chi connectivity index (χ0v) is 15.2. The van der Waals surface area contributed by atoms with Crippen LogP contribution in [0.1, 0.15) is 61.6 Å². The van der Waals surface area contributed by atoms with E-state index in [9.17, 15) is 0 Å². The van der Waals surface area contributed by atoms with Gasteiger partial charge in [-0.15, -0.1) is 0 Å². The summed E-state index contributed by atoms with van der Waals surface area (Å²) >= 11 is 0. The Labute approximate surface area is 144 Å². The smallest absolute Gasteiger partial charge is 0.188 e. The Bertz CT molecular complexity index is 588. The van der Waals surface area contributed by atoms with Gasteiger partial charge in [-0.2, -0.15) is 5.10 Å². The van der Waals surface area contributed by atoms with E-state index in [-0.39, 0.29) is 6.10 Å². The molecule has 0 radical (unpaired) electrons. The molecular formula is C18H31N5O. The molecule has 0 amide bonds. The van der Waals surface area contributed by atoms with Gasteiger partial charge in [-0.25, -0.2) is 0 Å². The normalized spacial score (nSPS) is 26.0. The molecule has 6 nitrogen and oxygen atoms in total. The Morgan fingerprint density at radius 2 is 2.04 bits per heavy atom. The molecule has 1 aromatic heterocycles. The summed E-state index contributed by atoms with van der Waals surface area (Å²) in [6.07, 6.45) is 7.47. The topological polar surface area (TPSA) is 77.5 Å². The molecule has 0 bridgehead atoms. The standard InChI is InChI=1S/C18H31N5O/c1-12-16(13(2)23(3)22-12)17-14(9-10-24-17)11-20-18(19)21-15-7-5-4-6-8-15/h14-15,17H,4-11H2,1-3H3,(H3,19,20,21)/t14-,17+/m0/s1. The third-order valence-corrected chi connectivity index (χ3v) is 5.52. The SMILES string of the molecule is Cc1nn(C)c(C)c1[C@@H]1OCC[C@H]1CN=C(N)NC1CCCCC1. The number of nitrogens with zero attached hydrogens (tertiary/aromatic N) is 3. The number of hydrogen-bond acceptors (Lipinski definition) is 3. The quantitative estimate of drug-likeness (QED) is 0.655. The van der Waals surface area contributed by atoms with Crippen molar-refractivity contribution in [2.45, 2.75) is 64.5 Å². The van der Waals surface area contributed by atoms with Crippen molar-refractivity contribution >= 4 is 5.96 Å². The summed E-state index contributed by atoms with van der Waals surface area (Å²) in [5.41, 5.74) is 9.58. The van der Waals surface area contributed by atoms with Gasteiger partial charge in [-0.1, -0.05) is 19.3 Å². The van der Waals surface area contributed by atoms with E-state index in [4.69, 9.17) is 10.5 Å². The van der Waals surface area contributed by atoms with Crippen molar-refractivity contribution in [1.82, 2.24) is 15.1 Å². The number of aliphatic imine (C=N–C) groups is 1. The third kappa shape index (κ3) is 3.74. The van der Waals surface area contributed by atoms with Crippen LogP contribution in [0.4, 0.5) is 0 Å². The molecule has 6 heteroatoms. The maximum Gasteiger partial charge on any atom is 0.188 e. The molecule has 24 heavy (non-hydrogen) atoms. The monoisotopic (exact) mass is 333 g/mol. The maximum atomic E-state index is 6.11. The van der Waals surface area contributed by atoms with Crippen molar-refractivity contribution in [3.05, 3.63) is 17.0 Å². The lowest BCUT2D eigenvalue weighted by Crippen LogP contribution is -2.41. The van der Waals surface area contributed by atoms with E-state index < -0.39 is 0 Å². The van der Waals surface area contributed by atoms with E-state index in [0.717, 1.165) is 18.7 Å². The van der Waals surface area contributed by atoms with Crippen LogP contribution >= 0.6 is 0 Å². The lowest BCUT2D eigenvalue weighted by atomic mass is 9.94. The van der Waals surface area contributed by atoms with Gasteiger partial charge in [0, 0.05) is 43.4 Å². The first-order valence-corrected chi connectivity index (χ1v) is 9.24. The van der Waals surface area contributed by atoms with Crippen molar-refractivity contribution in [2.75, 3.05) is 13.2 Å². The summed E-state index contributed by atoms with van der Waals surface area (Å²) in [5.74, 6) is 0.963. The number of aryl methyl sites for hydroxylation is 2. The first-order valence-electron chi connectivity index (χ1n) is 9.24. The van der Waals surface area contributed by atoms with Crippen molar-refractivity contribution in [1.29, 1.82) is 0 Å². The summed E-state index contributed by atoms with van der Waals surface area (Å²) in [5, 5.41) is 7.92. The Morgan fingerprint density at radius 1 is 1.29 bits per heavy atom. The van der Waals surface area contributed by atoms with E-state index in [1.54, 1.807) is 0 Å². The number of rotatable bonds is 4. The fraction of sp³-hybridized carbons (Fsp3) is 0.778. The first-order chi connectivity index (χ1) is 11.6. The van der Waals surface area contributed by atoms with Crippen LogP contribution in [0, 0.1) is 19.8 Å². The molecular weight excluding hydrogens is 302 g/mol. The van der Waals surface area contributed by atoms with E-state index in [1.807, 2.05) is 11.7 Å². The summed E-state index contributed by atoms with van der Waals surface area (Å²) in [4.78, 5) is 4.62. The van der Waals surface area contributed by atoms with E-state index in [1.165, 1.54) is 43.4 Å². The number of nitrogens with two attached hydrogens (primary N) is 1. The number of nitrogens with one attached hydrogen (secondary N) is 1. The first kappa shape index (κ1) is 17.3.